The number of aryl methyl sites for hydroxylation is 1. The van der Waals surface area contributed by atoms with Crippen molar-refractivity contribution in [2.24, 2.45) is 5.92 Å². The highest BCUT2D eigenvalue weighted by Crippen LogP contribution is 2.24. The summed E-state index contributed by atoms with van der Waals surface area (Å²) in [5.41, 5.74) is 2.06. The van der Waals surface area contributed by atoms with Crippen LogP contribution in [0.4, 0.5) is 4.39 Å². The molecule has 6 nitrogen and oxygen atoms in total. The Balaban J connectivity index is 1.32. The van der Waals surface area contributed by atoms with E-state index < -0.39 is 0 Å². The van der Waals surface area contributed by atoms with Gasteiger partial charge in [-0.2, -0.15) is 4.98 Å². The third-order valence-electron chi connectivity index (χ3n) is 5.36. The molecular weight excluding hydrogens is 385 g/mol. The van der Waals surface area contributed by atoms with E-state index in [-0.39, 0.29) is 24.2 Å². The zero-order chi connectivity index (χ0) is 20.9. The summed E-state index contributed by atoms with van der Waals surface area (Å²) >= 11 is 0. The summed E-state index contributed by atoms with van der Waals surface area (Å²) in [6.07, 6.45) is 2.57. The van der Waals surface area contributed by atoms with Crippen LogP contribution in [-0.4, -0.2) is 40.6 Å². The van der Waals surface area contributed by atoms with Crippen LogP contribution in [0, 0.1) is 18.7 Å². The molecule has 4 rings (SSSR count). The molecule has 0 radical (unpaired) electrons. The van der Waals surface area contributed by atoms with Crippen molar-refractivity contribution in [1.29, 1.82) is 0 Å². The molecule has 0 saturated carbocycles. The van der Waals surface area contributed by atoms with Crippen molar-refractivity contribution < 1.29 is 18.4 Å². The van der Waals surface area contributed by atoms with E-state index in [1.165, 1.54) is 24.3 Å². The Bertz CT molecular complexity index is 1000. The van der Waals surface area contributed by atoms with Crippen LogP contribution in [0.5, 0.6) is 5.75 Å². The van der Waals surface area contributed by atoms with Crippen molar-refractivity contribution in [3.63, 3.8) is 0 Å². The van der Waals surface area contributed by atoms with E-state index in [9.17, 15) is 9.18 Å². The molecule has 0 aliphatic carbocycles. The highest BCUT2D eigenvalue weighted by atomic mass is 19.1. The molecule has 30 heavy (non-hydrogen) atoms. The van der Waals surface area contributed by atoms with Gasteiger partial charge < -0.3 is 14.2 Å². The van der Waals surface area contributed by atoms with Gasteiger partial charge >= 0.3 is 0 Å². The van der Waals surface area contributed by atoms with Crippen molar-refractivity contribution in [3.05, 3.63) is 65.8 Å². The molecule has 1 saturated heterocycles. The molecule has 0 N–H and O–H groups in total. The first-order chi connectivity index (χ1) is 14.6. The van der Waals surface area contributed by atoms with Gasteiger partial charge in [0.2, 0.25) is 11.7 Å². The first-order valence-corrected chi connectivity index (χ1v) is 10.1. The Kier molecular flexibility index (Phi) is 6.07. The number of benzene rings is 2. The van der Waals surface area contributed by atoms with Gasteiger partial charge in [0.25, 0.3) is 5.91 Å². The van der Waals surface area contributed by atoms with Gasteiger partial charge in [-0.3, -0.25) is 4.79 Å². The number of rotatable bonds is 6. The van der Waals surface area contributed by atoms with E-state index in [0.29, 0.717) is 37.0 Å². The maximum Gasteiger partial charge on any atom is 0.260 e. The van der Waals surface area contributed by atoms with Crippen LogP contribution >= 0.6 is 0 Å². The van der Waals surface area contributed by atoms with Gasteiger partial charge in [-0.05, 0) is 55.5 Å². The molecule has 1 aromatic heterocycles. The molecule has 1 amide bonds. The number of likely N-dealkylation sites (tertiary alicyclic amines) is 1. The molecule has 1 aliphatic heterocycles. The van der Waals surface area contributed by atoms with Crippen LogP contribution in [0.25, 0.3) is 11.4 Å². The van der Waals surface area contributed by atoms with Crippen molar-refractivity contribution >= 4 is 5.91 Å². The average molecular weight is 409 g/mol. The number of halogens is 1. The van der Waals surface area contributed by atoms with E-state index in [1.54, 1.807) is 0 Å². The van der Waals surface area contributed by atoms with E-state index >= 15 is 0 Å². The minimum Gasteiger partial charge on any atom is -0.484 e. The predicted molar refractivity (Wildman–Crippen MR) is 109 cm³/mol. The topological polar surface area (TPSA) is 68.5 Å². The number of piperidine rings is 1. The summed E-state index contributed by atoms with van der Waals surface area (Å²) in [4.78, 5) is 18.9. The van der Waals surface area contributed by atoms with Crippen molar-refractivity contribution in [2.45, 2.75) is 26.2 Å². The summed E-state index contributed by atoms with van der Waals surface area (Å²) in [7, 11) is 0. The first kappa shape index (κ1) is 20.1. The largest absolute Gasteiger partial charge is 0.484 e. The smallest absolute Gasteiger partial charge is 0.260 e. The second-order valence-electron chi connectivity index (χ2n) is 7.62. The Morgan fingerprint density at radius 1 is 1.23 bits per heavy atom. The van der Waals surface area contributed by atoms with Gasteiger partial charge in [-0.25, -0.2) is 4.39 Å². The van der Waals surface area contributed by atoms with Gasteiger partial charge in [0.15, 0.2) is 6.61 Å². The fraction of sp³-hybridized carbons (Fsp3) is 0.348. The molecule has 0 spiro atoms. The van der Waals surface area contributed by atoms with Crippen LogP contribution in [-0.2, 0) is 11.2 Å². The number of hydrogen-bond acceptors (Lipinski definition) is 5. The summed E-state index contributed by atoms with van der Waals surface area (Å²) in [6.45, 7) is 3.30. The first-order valence-electron chi connectivity index (χ1n) is 10.1. The molecule has 2 aromatic carbocycles. The summed E-state index contributed by atoms with van der Waals surface area (Å²) < 4.78 is 23.9. The highest BCUT2D eigenvalue weighted by molar-refractivity contribution is 5.77. The number of aromatic nitrogens is 2. The lowest BCUT2D eigenvalue weighted by atomic mass is 9.94. The highest BCUT2D eigenvalue weighted by Gasteiger charge is 2.26. The van der Waals surface area contributed by atoms with Crippen LogP contribution in [0.3, 0.4) is 0 Å². The third-order valence-corrected chi connectivity index (χ3v) is 5.36. The van der Waals surface area contributed by atoms with E-state index in [1.807, 2.05) is 36.1 Å². The standard InChI is InChI=1S/C23H24FN3O3/c1-16-5-2-3-7-20(16)23-25-21(30-26-23)13-17-6-4-12-27(14-17)22(28)15-29-19-10-8-18(24)9-11-19/h2-3,5,7-11,17H,4,6,12-15H2,1H3. The zero-order valence-corrected chi connectivity index (χ0v) is 16.9. The Morgan fingerprint density at radius 2 is 2.03 bits per heavy atom. The summed E-state index contributed by atoms with van der Waals surface area (Å²) in [5, 5.41) is 4.12. The van der Waals surface area contributed by atoms with Crippen LogP contribution < -0.4 is 4.74 Å². The van der Waals surface area contributed by atoms with Crippen molar-refractivity contribution in [3.8, 4) is 17.1 Å². The van der Waals surface area contributed by atoms with E-state index in [0.717, 1.165) is 24.0 Å². The molecule has 1 aliphatic rings. The maximum absolute atomic E-state index is 13.0. The molecule has 1 fully saturated rings. The molecule has 1 atom stereocenters. The maximum atomic E-state index is 13.0. The van der Waals surface area contributed by atoms with Crippen molar-refractivity contribution in [2.75, 3.05) is 19.7 Å². The number of ether oxygens (including phenoxy) is 1. The van der Waals surface area contributed by atoms with Crippen LogP contribution in [0.2, 0.25) is 0 Å². The second kappa shape index (κ2) is 9.07. The van der Waals surface area contributed by atoms with Gasteiger partial charge in [0, 0.05) is 25.1 Å². The Labute approximate surface area is 174 Å². The minimum absolute atomic E-state index is 0.0592. The average Bonchev–Trinajstić information content (AvgIpc) is 3.22. The van der Waals surface area contributed by atoms with E-state index in [2.05, 4.69) is 10.1 Å². The molecule has 3 aromatic rings. The van der Waals surface area contributed by atoms with Crippen LogP contribution in [0.15, 0.2) is 53.1 Å². The fourth-order valence-corrected chi connectivity index (χ4v) is 3.74. The third kappa shape index (κ3) is 4.84. The fourth-order valence-electron chi connectivity index (χ4n) is 3.74. The Hall–Kier alpha value is -3.22. The summed E-state index contributed by atoms with van der Waals surface area (Å²) in [5.74, 6) is 1.52. The molecule has 2 heterocycles. The monoisotopic (exact) mass is 409 g/mol. The number of amides is 1. The lowest BCUT2D eigenvalue weighted by Crippen LogP contribution is -2.42. The van der Waals surface area contributed by atoms with Gasteiger partial charge in [-0.1, -0.05) is 29.4 Å². The molecule has 7 heteroatoms. The minimum atomic E-state index is -0.334. The molecule has 156 valence electrons. The second-order valence-corrected chi connectivity index (χ2v) is 7.62. The lowest BCUT2D eigenvalue weighted by Gasteiger charge is -2.32. The quantitative estimate of drug-likeness (QED) is 0.615. The molecule has 0 bridgehead atoms. The Morgan fingerprint density at radius 3 is 2.83 bits per heavy atom. The number of hydrogen-bond donors (Lipinski definition) is 0. The number of carbonyl (C=O) groups is 1. The van der Waals surface area contributed by atoms with E-state index in [4.69, 9.17) is 9.26 Å². The number of nitrogens with zero attached hydrogens (tertiary/aromatic N) is 3. The molecular formula is C23H24FN3O3. The van der Waals surface area contributed by atoms with Gasteiger partial charge in [-0.15, -0.1) is 0 Å². The molecule has 1 unspecified atom stereocenters. The lowest BCUT2D eigenvalue weighted by molar-refractivity contribution is -0.135. The number of carbonyl (C=O) groups excluding carboxylic acids is 1. The van der Waals surface area contributed by atoms with Gasteiger partial charge in [0.1, 0.15) is 11.6 Å². The zero-order valence-electron chi connectivity index (χ0n) is 16.9. The summed E-state index contributed by atoms with van der Waals surface area (Å²) in [6, 6.07) is 13.6. The predicted octanol–water partition coefficient (Wildman–Crippen LogP) is 4.04. The normalized spacial score (nSPS) is 16.5. The van der Waals surface area contributed by atoms with Gasteiger partial charge in [0.05, 0.1) is 0 Å². The van der Waals surface area contributed by atoms with Crippen molar-refractivity contribution in [1.82, 2.24) is 15.0 Å². The SMILES string of the molecule is Cc1ccccc1-c1noc(CC2CCCN(C(=O)COc3ccc(F)cc3)C2)n1. The van der Waals surface area contributed by atoms with Crippen LogP contribution in [0.1, 0.15) is 24.3 Å².